The van der Waals surface area contributed by atoms with Crippen molar-refractivity contribution in [1.82, 2.24) is 10.6 Å². The number of ether oxygens (including phenoxy) is 1. The molecular weight excluding hydrogens is 340 g/mol. The number of hydrogen-bond donors (Lipinski definition) is 2. The molecule has 25 heavy (non-hydrogen) atoms. The maximum absolute atomic E-state index is 12.4. The van der Waals surface area contributed by atoms with Gasteiger partial charge in [0.1, 0.15) is 6.04 Å². The Hall–Kier alpha value is -1.24. The normalized spacial score (nSPS) is 15.8. The Kier molecular flexibility index (Phi) is 10.6. The highest BCUT2D eigenvalue weighted by Crippen LogP contribution is 2.18. The van der Waals surface area contributed by atoms with Gasteiger partial charge in [0.2, 0.25) is 5.91 Å². The van der Waals surface area contributed by atoms with E-state index in [1.54, 1.807) is 0 Å². The van der Waals surface area contributed by atoms with E-state index in [9.17, 15) is 14.4 Å². The van der Waals surface area contributed by atoms with Crippen LogP contribution in [0.15, 0.2) is 0 Å². The molecule has 1 aliphatic carbocycles. The van der Waals surface area contributed by atoms with Gasteiger partial charge in [-0.2, -0.15) is 0 Å². The number of carbonyl (C=O) groups excluding carboxylic acids is 3. The highest BCUT2D eigenvalue weighted by Gasteiger charge is 2.24. The molecule has 1 fully saturated rings. The second-order valence-corrected chi connectivity index (χ2v) is 7.95. The third-order valence-corrected chi connectivity index (χ3v) is 5.60. The van der Waals surface area contributed by atoms with Gasteiger partial charge in [-0.05, 0) is 25.7 Å². The average Bonchev–Trinajstić information content (AvgIpc) is 3.08. The number of hydrogen-bond acceptors (Lipinski definition) is 5. The minimum absolute atomic E-state index is 0.0675. The zero-order chi connectivity index (χ0) is 18.7. The molecular formula is C18H32N2O4S. The van der Waals surface area contributed by atoms with Crippen molar-refractivity contribution in [2.75, 3.05) is 12.9 Å². The molecule has 0 spiro atoms. The van der Waals surface area contributed by atoms with Gasteiger partial charge in [-0.15, -0.1) is 0 Å². The molecule has 0 radical (unpaired) electrons. The predicted octanol–water partition coefficient (Wildman–Crippen LogP) is 3.25. The van der Waals surface area contributed by atoms with E-state index in [0.717, 1.165) is 50.7 Å². The Labute approximate surface area is 155 Å². The lowest BCUT2D eigenvalue weighted by Crippen LogP contribution is -2.49. The lowest BCUT2D eigenvalue weighted by molar-refractivity contribution is -0.124. The van der Waals surface area contributed by atoms with E-state index in [0.29, 0.717) is 6.42 Å². The molecule has 2 amide bonds. The van der Waals surface area contributed by atoms with Crippen molar-refractivity contribution in [2.45, 2.75) is 77.3 Å². The van der Waals surface area contributed by atoms with Crippen LogP contribution in [-0.2, 0) is 14.3 Å². The topological polar surface area (TPSA) is 84.5 Å². The van der Waals surface area contributed by atoms with Crippen LogP contribution in [-0.4, -0.2) is 42.1 Å². The molecule has 0 bridgehead atoms. The van der Waals surface area contributed by atoms with Crippen LogP contribution in [0.3, 0.4) is 0 Å². The van der Waals surface area contributed by atoms with Crippen molar-refractivity contribution in [3.05, 3.63) is 0 Å². The van der Waals surface area contributed by atoms with Crippen molar-refractivity contribution in [3.8, 4) is 0 Å². The van der Waals surface area contributed by atoms with Crippen molar-refractivity contribution < 1.29 is 19.1 Å². The third kappa shape index (κ3) is 9.14. The van der Waals surface area contributed by atoms with E-state index in [-0.39, 0.29) is 23.0 Å². The smallest absolute Gasteiger partial charge is 0.407 e. The molecule has 1 rings (SSSR count). The van der Waals surface area contributed by atoms with Crippen molar-refractivity contribution in [2.24, 2.45) is 5.92 Å². The summed E-state index contributed by atoms with van der Waals surface area (Å²) in [5.74, 6) is 0.750. The van der Waals surface area contributed by atoms with Crippen molar-refractivity contribution in [1.29, 1.82) is 0 Å². The van der Waals surface area contributed by atoms with Crippen LogP contribution in [0.5, 0.6) is 0 Å². The lowest BCUT2D eigenvalue weighted by Gasteiger charge is -2.20. The number of methoxy groups -OCH3 is 1. The van der Waals surface area contributed by atoms with Crippen LogP contribution in [0.25, 0.3) is 0 Å². The van der Waals surface area contributed by atoms with Gasteiger partial charge in [0, 0.05) is 17.7 Å². The number of nitrogens with one attached hydrogen (secondary N) is 2. The summed E-state index contributed by atoms with van der Waals surface area (Å²) >= 11 is 1.38. The van der Waals surface area contributed by atoms with Gasteiger partial charge < -0.3 is 15.4 Å². The van der Waals surface area contributed by atoms with Gasteiger partial charge in [-0.1, -0.05) is 51.3 Å². The fraction of sp³-hybridized carbons (Fsp3) is 0.833. The monoisotopic (exact) mass is 372 g/mol. The van der Waals surface area contributed by atoms with Gasteiger partial charge in [0.05, 0.1) is 7.11 Å². The van der Waals surface area contributed by atoms with Gasteiger partial charge in [0.15, 0.2) is 5.12 Å². The lowest BCUT2D eigenvalue weighted by atomic mass is 10.1. The van der Waals surface area contributed by atoms with Gasteiger partial charge in [0.25, 0.3) is 0 Å². The van der Waals surface area contributed by atoms with E-state index in [2.05, 4.69) is 15.4 Å². The summed E-state index contributed by atoms with van der Waals surface area (Å²) in [7, 11) is 1.30. The molecule has 0 aromatic carbocycles. The van der Waals surface area contributed by atoms with Gasteiger partial charge in [-0.3, -0.25) is 9.59 Å². The number of alkyl carbamates (subject to hydrolysis) is 1. The first-order valence-corrected chi connectivity index (χ1v) is 10.2. The molecule has 0 aromatic rings. The molecule has 0 heterocycles. The molecule has 2 N–H and O–H groups in total. The first kappa shape index (κ1) is 21.8. The van der Waals surface area contributed by atoms with Crippen LogP contribution in [0.1, 0.15) is 65.2 Å². The Bertz CT molecular complexity index is 437. The largest absolute Gasteiger partial charge is 0.453 e. The van der Waals surface area contributed by atoms with Gasteiger partial charge in [-0.25, -0.2) is 4.79 Å². The van der Waals surface area contributed by atoms with E-state index < -0.39 is 12.1 Å². The highest BCUT2D eigenvalue weighted by atomic mass is 32.2. The summed E-state index contributed by atoms with van der Waals surface area (Å²) < 4.78 is 4.62. The zero-order valence-electron chi connectivity index (χ0n) is 15.6. The summed E-state index contributed by atoms with van der Waals surface area (Å²) in [5.41, 5.74) is 0. The summed E-state index contributed by atoms with van der Waals surface area (Å²) in [6.07, 6.45) is 6.99. The summed E-state index contributed by atoms with van der Waals surface area (Å²) in [5, 5.41) is 5.89. The van der Waals surface area contributed by atoms with Gasteiger partial charge >= 0.3 is 6.09 Å². The Morgan fingerprint density at radius 2 is 1.80 bits per heavy atom. The van der Waals surface area contributed by atoms with E-state index >= 15 is 0 Å². The number of amides is 2. The van der Waals surface area contributed by atoms with Crippen molar-refractivity contribution in [3.63, 3.8) is 0 Å². The number of unbranched alkanes of at least 4 members (excludes halogenated alkanes) is 2. The third-order valence-electron chi connectivity index (χ3n) is 4.35. The standard InChI is InChI=1S/C18H32N2O4S/c1-13(2)17(22)25-12-8-4-5-11-15(20-18(23)24-3)16(21)19-14-9-6-7-10-14/h13-15H,4-12H2,1-3H3,(H,19,21)(H,20,23)/t15-/m0/s1. The molecule has 0 aromatic heterocycles. The predicted molar refractivity (Wildman–Crippen MR) is 100 cm³/mol. The fourth-order valence-corrected chi connectivity index (χ4v) is 3.69. The minimum atomic E-state index is -0.579. The molecule has 0 saturated heterocycles. The first-order valence-electron chi connectivity index (χ1n) is 9.25. The summed E-state index contributed by atoms with van der Waals surface area (Å²) in [6, 6.07) is -0.328. The molecule has 6 nitrogen and oxygen atoms in total. The van der Waals surface area contributed by atoms with Crippen LogP contribution in [0.4, 0.5) is 4.79 Å². The molecule has 144 valence electrons. The van der Waals surface area contributed by atoms with Crippen LogP contribution in [0.2, 0.25) is 0 Å². The Morgan fingerprint density at radius 1 is 1.12 bits per heavy atom. The SMILES string of the molecule is COC(=O)N[C@@H](CCCCCSC(=O)C(C)C)C(=O)NC1CCCC1. The fourth-order valence-electron chi connectivity index (χ4n) is 2.81. The van der Waals surface area contributed by atoms with E-state index in [4.69, 9.17) is 0 Å². The molecule has 7 heteroatoms. The molecule has 0 unspecified atom stereocenters. The van der Waals surface area contributed by atoms with Crippen LogP contribution < -0.4 is 10.6 Å². The second kappa shape index (κ2) is 12.2. The number of carbonyl (C=O) groups is 3. The molecule has 1 saturated carbocycles. The highest BCUT2D eigenvalue weighted by molar-refractivity contribution is 8.13. The first-order chi connectivity index (χ1) is 11.9. The molecule has 0 aliphatic heterocycles. The summed E-state index contributed by atoms with van der Waals surface area (Å²) in [6.45, 7) is 3.81. The molecule has 1 aliphatic rings. The number of thioether (sulfide) groups is 1. The number of rotatable bonds is 10. The van der Waals surface area contributed by atoms with E-state index in [1.807, 2.05) is 13.8 Å². The Morgan fingerprint density at radius 3 is 2.40 bits per heavy atom. The maximum atomic E-state index is 12.4. The summed E-state index contributed by atoms with van der Waals surface area (Å²) in [4.78, 5) is 35.4. The average molecular weight is 373 g/mol. The second-order valence-electron chi connectivity index (χ2n) is 6.85. The minimum Gasteiger partial charge on any atom is -0.453 e. The molecule has 1 atom stereocenters. The van der Waals surface area contributed by atoms with Crippen LogP contribution >= 0.6 is 11.8 Å². The zero-order valence-corrected chi connectivity index (χ0v) is 16.5. The Balaban J connectivity index is 2.31. The van der Waals surface area contributed by atoms with E-state index in [1.165, 1.54) is 18.9 Å². The maximum Gasteiger partial charge on any atom is 0.407 e. The van der Waals surface area contributed by atoms with Crippen LogP contribution in [0, 0.1) is 5.92 Å². The van der Waals surface area contributed by atoms with Crippen molar-refractivity contribution >= 4 is 28.9 Å². The quantitative estimate of drug-likeness (QED) is 0.575.